The third kappa shape index (κ3) is 5.43. The quantitative estimate of drug-likeness (QED) is 0.546. The van der Waals surface area contributed by atoms with Gasteiger partial charge in [0.1, 0.15) is 23.2 Å². The molecule has 2 N–H and O–H groups in total. The van der Waals surface area contributed by atoms with Crippen LogP contribution in [0.2, 0.25) is 0 Å². The summed E-state index contributed by atoms with van der Waals surface area (Å²) in [5.41, 5.74) is 0.682. The third-order valence-electron chi connectivity index (χ3n) is 5.46. The summed E-state index contributed by atoms with van der Waals surface area (Å²) in [4.78, 5) is 38.9. The molecule has 180 valence electrons. The average Bonchev–Trinajstić information content (AvgIpc) is 3.20. The van der Waals surface area contributed by atoms with Crippen LogP contribution in [0.15, 0.2) is 60.7 Å². The number of nitrogens with zero attached hydrogens (tertiary/aromatic N) is 1. The van der Waals surface area contributed by atoms with Gasteiger partial charge in [-0.3, -0.25) is 14.4 Å². The molecule has 1 heterocycles. The molecule has 4 rings (SSSR count). The monoisotopic (exact) mass is 483 g/mol. The smallest absolute Gasteiger partial charge is 0.255 e. The van der Waals surface area contributed by atoms with Crippen molar-refractivity contribution in [1.82, 2.24) is 0 Å². The SMILES string of the molecule is COc1ccc(NC(=O)C2CC(=O)N(c3cc(F)cc(F)c3)C2)cc1NC(=O)c1cccc(F)c1. The maximum atomic E-state index is 13.6. The number of benzene rings is 3. The van der Waals surface area contributed by atoms with Crippen molar-refractivity contribution < 1.29 is 32.3 Å². The van der Waals surface area contributed by atoms with Crippen LogP contribution in [0.4, 0.5) is 30.2 Å². The van der Waals surface area contributed by atoms with E-state index >= 15 is 0 Å². The van der Waals surface area contributed by atoms with Crippen LogP contribution in [0.3, 0.4) is 0 Å². The largest absolute Gasteiger partial charge is 0.495 e. The van der Waals surface area contributed by atoms with E-state index in [9.17, 15) is 27.6 Å². The van der Waals surface area contributed by atoms with Crippen molar-refractivity contribution in [3.8, 4) is 5.75 Å². The molecule has 3 amide bonds. The summed E-state index contributed by atoms with van der Waals surface area (Å²) in [7, 11) is 1.40. The van der Waals surface area contributed by atoms with Crippen LogP contribution in [0, 0.1) is 23.4 Å². The first-order valence-corrected chi connectivity index (χ1v) is 10.6. The van der Waals surface area contributed by atoms with Crippen molar-refractivity contribution in [1.29, 1.82) is 0 Å². The van der Waals surface area contributed by atoms with Crippen molar-refractivity contribution in [2.45, 2.75) is 6.42 Å². The highest BCUT2D eigenvalue weighted by Gasteiger charge is 2.35. The van der Waals surface area contributed by atoms with Gasteiger partial charge in [-0.05, 0) is 48.5 Å². The molecule has 3 aromatic carbocycles. The molecule has 1 unspecified atom stereocenters. The Labute approximate surface area is 198 Å². The predicted molar refractivity (Wildman–Crippen MR) is 123 cm³/mol. The molecule has 0 bridgehead atoms. The number of hydrogen-bond acceptors (Lipinski definition) is 4. The minimum absolute atomic E-state index is 0.0367. The van der Waals surface area contributed by atoms with Crippen LogP contribution in [-0.4, -0.2) is 31.4 Å². The molecule has 1 atom stereocenters. The lowest BCUT2D eigenvalue weighted by molar-refractivity contribution is -0.122. The Hall–Kier alpha value is -4.34. The Morgan fingerprint density at radius 1 is 0.943 bits per heavy atom. The zero-order valence-electron chi connectivity index (χ0n) is 18.5. The van der Waals surface area contributed by atoms with Crippen LogP contribution in [0.5, 0.6) is 5.75 Å². The first kappa shape index (κ1) is 23.8. The molecule has 0 aromatic heterocycles. The summed E-state index contributed by atoms with van der Waals surface area (Å²) >= 11 is 0. The number of rotatable bonds is 6. The maximum absolute atomic E-state index is 13.6. The summed E-state index contributed by atoms with van der Waals surface area (Å²) in [5, 5.41) is 5.30. The topological polar surface area (TPSA) is 87.7 Å². The summed E-state index contributed by atoms with van der Waals surface area (Å²) in [5.74, 6) is -4.17. The van der Waals surface area contributed by atoms with Gasteiger partial charge in [0.15, 0.2) is 0 Å². The molecule has 1 fully saturated rings. The third-order valence-corrected chi connectivity index (χ3v) is 5.46. The minimum Gasteiger partial charge on any atom is -0.495 e. The molecule has 0 radical (unpaired) electrons. The van der Waals surface area contributed by atoms with Crippen LogP contribution >= 0.6 is 0 Å². The molecule has 35 heavy (non-hydrogen) atoms. The highest BCUT2D eigenvalue weighted by Crippen LogP contribution is 2.30. The van der Waals surface area contributed by atoms with Gasteiger partial charge in [-0.2, -0.15) is 0 Å². The molecule has 1 saturated heterocycles. The van der Waals surface area contributed by atoms with Gasteiger partial charge in [-0.15, -0.1) is 0 Å². The summed E-state index contributed by atoms with van der Waals surface area (Å²) in [6.07, 6.45) is -0.136. The average molecular weight is 483 g/mol. The van der Waals surface area contributed by atoms with Gasteiger partial charge in [0, 0.05) is 36.0 Å². The number of amides is 3. The van der Waals surface area contributed by atoms with Crippen molar-refractivity contribution in [3.63, 3.8) is 0 Å². The van der Waals surface area contributed by atoms with E-state index < -0.39 is 41.1 Å². The summed E-state index contributed by atoms with van der Waals surface area (Å²) < 4.78 is 45.8. The van der Waals surface area contributed by atoms with E-state index in [1.165, 1.54) is 37.4 Å². The first-order valence-electron chi connectivity index (χ1n) is 10.6. The van der Waals surface area contributed by atoms with Crippen LogP contribution in [-0.2, 0) is 9.59 Å². The lowest BCUT2D eigenvalue weighted by atomic mass is 10.1. The molecule has 3 aromatic rings. The predicted octanol–water partition coefficient (Wildman–Crippen LogP) is 4.36. The molecule has 1 aliphatic heterocycles. The van der Waals surface area contributed by atoms with Gasteiger partial charge in [0.25, 0.3) is 5.91 Å². The zero-order valence-corrected chi connectivity index (χ0v) is 18.5. The minimum atomic E-state index is -0.827. The second-order valence-corrected chi connectivity index (χ2v) is 7.90. The fourth-order valence-electron chi connectivity index (χ4n) is 3.78. The number of carbonyl (C=O) groups is 3. The van der Waals surface area contributed by atoms with E-state index in [1.54, 1.807) is 6.07 Å². The van der Waals surface area contributed by atoms with Crippen LogP contribution in [0.25, 0.3) is 0 Å². The van der Waals surface area contributed by atoms with Gasteiger partial charge < -0.3 is 20.3 Å². The first-order chi connectivity index (χ1) is 16.7. The molecular weight excluding hydrogens is 463 g/mol. The van der Waals surface area contributed by atoms with Gasteiger partial charge >= 0.3 is 0 Å². The van der Waals surface area contributed by atoms with E-state index in [0.29, 0.717) is 17.5 Å². The second kappa shape index (κ2) is 9.88. The van der Waals surface area contributed by atoms with Crippen molar-refractivity contribution in [3.05, 3.63) is 83.7 Å². The zero-order chi connectivity index (χ0) is 25.1. The number of hydrogen-bond donors (Lipinski definition) is 2. The molecule has 0 aliphatic carbocycles. The number of halogens is 3. The Morgan fingerprint density at radius 2 is 1.69 bits per heavy atom. The van der Waals surface area contributed by atoms with Crippen molar-refractivity contribution >= 4 is 34.8 Å². The number of ether oxygens (including phenoxy) is 1. The van der Waals surface area contributed by atoms with Crippen molar-refractivity contribution in [2.75, 3.05) is 29.2 Å². The standard InChI is InChI=1S/C25H20F3N3O4/c1-35-22-6-5-19(12-21(22)30-24(33)14-3-2-4-16(26)7-14)29-25(34)15-8-23(32)31(13-15)20-10-17(27)9-18(28)11-20/h2-7,9-12,15H,8,13H2,1H3,(H,29,34)(H,30,33). The van der Waals surface area contributed by atoms with Gasteiger partial charge in [-0.25, -0.2) is 13.2 Å². The Balaban J connectivity index is 1.47. The van der Waals surface area contributed by atoms with E-state index in [4.69, 9.17) is 4.74 Å². The molecule has 0 spiro atoms. The highest BCUT2D eigenvalue weighted by atomic mass is 19.1. The van der Waals surface area contributed by atoms with Gasteiger partial charge in [-0.1, -0.05) is 6.07 Å². The van der Waals surface area contributed by atoms with Gasteiger partial charge in [0.2, 0.25) is 11.8 Å². The van der Waals surface area contributed by atoms with E-state index in [2.05, 4.69) is 10.6 Å². The van der Waals surface area contributed by atoms with E-state index in [1.807, 2.05) is 0 Å². The Kier molecular flexibility index (Phi) is 6.72. The molecular formula is C25H20F3N3O4. The molecule has 7 nitrogen and oxygen atoms in total. The molecule has 10 heteroatoms. The Morgan fingerprint density at radius 3 is 2.37 bits per heavy atom. The normalized spacial score (nSPS) is 15.1. The fourth-order valence-corrected chi connectivity index (χ4v) is 3.78. The number of carbonyl (C=O) groups excluding carboxylic acids is 3. The maximum Gasteiger partial charge on any atom is 0.255 e. The van der Waals surface area contributed by atoms with E-state index in [0.717, 1.165) is 23.1 Å². The highest BCUT2D eigenvalue weighted by molar-refractivity contribution is 6.06. The Bertz CT molecular complexity index is 1290. The summed E-state index contributed by atoms with van der Waals surface area (Å²) in [6.45, 7) is -0.0487. The molecule has 1 aliphatic rings. The van der Waals surface area contributed by atoms with E-state index in [-0.39, 0.29) is 29.9 Å². The fraction of sp³-hybridized carbons (Fsp3) is 0.160. The van der Waals surface area contributed by atoms with Crippen LogP contribution in [0.1, 0.15) is 16.8 Å². The number of methoxy groups -OCH3 is 1. The lowest BCUT2D eigenvalue weighted by Crippen LogP contribution is -2.28. The van der Waals surface area contributed by atoms with Crippen molar-refractivity contribution in [2.24, 2.45) is 5.92 Å². The number of anilines is 3. The lowest BCUT2D eigenvalue weighted by Gasteiger charge is -2.17. The second-order valence-electron chi connectivity index (χ2n) is 7.90. The summed E-state index contributed by atoms with van der Waals surface area (Å²) in [6, 6.07) is 12.4. The number of nitrogens with one attached hydrogen (secondary N) is 2. The molecule has 0 saturated carbocycles. The van der Waals surface area contributed by atoms with Crippen LogP contribution < -0.4 is 20.3 Å². The van der Waals surface area contributed by atoms with Gasteiger partial charge in [0.05, 0.1) is 18.7 Å².